The van der Waals surface area contributed by atoms with E-state index in [4.69, 9.17) is 10.7 Å². The molecule has 22 heavy (non-hydrogen) atoms. The number of imidazole rings is 1. The van der Waals surface area contributed by atoms with Crippen molar-refractivity contribution in [2.24, 2.45) is 5.73 Å². The minimum atomic E-state index is -0.214. The number of fused-ring (bicyclic) bond motifs is 1. The molecular weight excluding hydrogens is 277 g/mol. The summed E-state index contributed by atoms with van der Waals surface area (Å²) in [6.45, 7) is 3.38. The molecule has 0 fully saturated rings. The number of hydrogen-bond acceptors (Lipinski definition) is 2. The first-order valence-corrected chi connectivity index (χ1v) is 7.64. The van der Waals surface area contributed by atoms with E-state index in [1.807, 2.05) is 12.1 Å². The zero-order valence-corrected chi connectivity index (χ0v) is 12.7. The Morgan fingerprint density at radius 1 is 1.09 bits per heavy atom. The van der Waals surface area contributed by atoms with Crippen molar-refractivity contribution in [3.05, 3.63) is 65.2 Å². The molecule has 3 rings (SSSR count). The van der Waals surface area contributed by atoms with Crippen molar-refractivity contribution >= 4 is 11.0 Å². The zero-order valence-electron chi connectivity index (χ0n) is 12.7. The van der Waals surface area contributed by atoms with Crippen molar-refractivity contribution in [1.29, 1.82) is 0 Å². The summed E-state index contributed by atoms with van der Waals surface area (Å²) in [5, 5.41) is 0. The van der Waals surface area contributed by atoms with Gasteiger partial charge in [-0.05, 0) is 48.4 Å². The van der Waals surface area contributed by atoms with Gasteiger partial charge in [-0.2, -0.15) is 0 Å². The van der Waals surface area contributed by atoms with Gasteiger partial charge in [-0.1, -0.05) is 25.1 Å². The fraction of sp³-hybridized carbons (Fsp3) is 0.278. The highest BCUT2D eigenvalue weighted by molar-refractivity contribution is 5.77. The molecule has 0 radical (unpaired) electrons. The second kappa shape index (κ2) is 6.28. The molecule has 0 aliphatic carbocycles. The van der Waals surface area contributed by atoms with Gasteiger partial charge >= 0.3 is 0 Å². The summed E-state index contributed by atoms with van der Waals surface area (Å²) in [5.74, 6) is 0.768. The van der Waals surface area contributed by atoms with Gasteiger partial charge in [0, 0.05) is 13.0 Å². The van der Waals surface area contributed by atoms with Crippen molar-refractivity contribution in [1.82, 2.24) is 9.55 Å². The predicted octanol–water partition coefficient (Wildman–Crippen LogP) is 3.29. The summed E-state index contributed by atoms with van der Waals surface area (Å²) in [4.78, 5) is 4.73. The molecule has 0 amide bonds. The number of aryl methyl sites for hydroxylation is 1. The maximum Gasteiger partial charge on any atom is 0.123 e. The third-order valence-electron chi connectivity index (χ3n) is 3.92. The SMILES string of the molecule is CCc1ccc2c(c1)nc(CCN)n2Cc1ccc(F)cc1. The number of nitrogens with zero attached hydrogens (tertiary/aromatic N) is 2. The van der Waals surface area contributed by atoms with Gasteiger partial charge in [0.1, 0.15) is 11.6 Å². The highest BCUT2D eigenvalue weighted by Gasteiger charge is 2.11. The summed E-state index contributed by atoms with van der Waals surface area (Å²) in [6.07, 6.45) is 1.73. The lowest BCUT2D eigenvalue weighted by atomic mass is 10.1. The molecule has 0 saturated heterocycles. The maximum atomic E-state index is 13.1. The zero-order chi connectivity index (χ0) is 15.5. The first kappa shape index (κ1) is 14.7. The molecule has 114 valence electrons. The van der Waals surface area contributed by atoms with Gasteiger partial charge in [0.2, 0.25) is 0 Å². The number of aromatic nitrogens is 2. The Bertz CT molecular complexity index is 775. The lowest BCUT2D eigenvalue weighted by Crippen LogP contribution is -2.10. The maximum absolute atomic E-state index is 13.1. The van der Waals surface area contributed by atoms with Gasteiger partial charge < -0.3 is 10.3 Å². The van der Waals surface area contributed by atoms with Gasteiger partial charge in [0.05, 0.1) is 11.0 Å². The predicted molar refractivity (Wildman–Crippen MR) is 87.4 cm³/mol. The quantitative estimate of drug-likeness (QED) is 0.785. The minimum Gasteiger partial charge on any atom is -0.330 e. The Morgan fingerprint density at radius 3 is 2.50 bits per heavy atom. The van der Waals surface area contributed by atoms with Crippen LogP contribution in [-0.2, 0) is 19.4 Å². The number of hydrogen-bond donors (Lipinski definition) is 1. The Hall–Kier alpha value is -2.20. The van der Waals surface area contributed by atoms with E-state index < -0.39 is 0 Å². The van der Waals surface area contributed by atoms with E-state index >= 15 is 0 Å². The Morgan fingerprint density at radius 2 is 1.82 bits per heavy atom. The summed E-state index contributed by atoms with van der Waals surface area (Å²) < 4.78 is 15.2. The van der Waals surface area contributed by atoms with E-state index in [-0.39, 0.29) is 5.82 Å². The molecule has 0 unspecified atom stereocenters. The van der Waals surface area contributed by atoms with Crippen LogP contribution in [0.15, 0.2) is 42.5 Å². The van der Waals surface area contributed by atoms with Crippen molar-refractivity contribution in [2.45, 2.75) is 26.3 Å². The molecule has 3 nitrogen and oxygen atoms in total. The van der Waals surface area contributed by atoms with Gasteiger partial charge in [-0.15, -0.1) is 0 Å². The number of benzene rings is 2. The molecule has 0 aliphatic rings. The highest BCUT2D eigenvalue weighted by atomic mass is 19.1. The first-order valence-electron chi connectivity index (χ1n) is 7.64. The average molecular weight is 297 g/mol. The van der Waals surface area contributed by atoms with Crippen LogP contribution in [0.3, 0.4) is 0 Å². The first-order chi connectivity index (χ1) is 10.7. The fourth-order valence-corrected chi connectivity index (χ4v) is 2.71. The topological polar surface area (TPSA) is 43.8 Å². The fourth-order valence-electron chi connectivity index (χ4n) is 2.71. The lowest BCUT2D eigenvalue weighted by molar-refractivity contribution is 0.626. The molecule has 0 bridgehead atoms. The van der Waals surface area contributed by atoms with Crippen LogP contribution in [0.2, 0.25) is 0 Å². The molecular formula is C18H20FN3. The minimum absolute atomic E-state index is 0.214. The second-order valence-electron chi connectivity index (χ2n) is 5.46. The normalized spacial score (nSPS) is 11.2. The number of halogens is 1. The van der Waals surface area contributed by atoms with Crippen LogP contribution in [0.25, 0.3) is 11.0 Å². The Labute approximate surface area is 129 Å². The van der Waals surface area contributed by atoms with Crippen molar-refractivity contribution in [2.75, 3.05) is 6.54 Å². The van der Waals surface area contributed by atoms with Gasteiger partial charge in [-0.25, -0.2) is 9.37 Å². The van der Waals surface area contributed by atoms with Crippen molar-refractivity contribution < 1.29 is 4.39 Å². The average Bonchev–Trinajstić information content (AvgIpc) is 2.86. The molecule has 2 N–H and O–H groups in total. The summed E-state index contributed by atoms with van der Waals surface area (Å²) in [6, 6.07) is 13.0. The van der Waals surface area contributed by atoms with Crippen LogP contribution in [0.5, 0.6) is 0 Å². The summed E-state index contributed by atoms with van der Waals surface area (Å²) in [5.41, 5.74) is 10.2. The number of nitrogens with two attached hydrogens (primary N) is 1. The third-order valence-corrected chi connectivity index (χ3v) is 3.92. The van der Waals surface area contributed by atoms with Crippen LogP contribution < -0.4 is 5.73 Å². The second-order valence-corrected chi connectivity index (χ2v) is 5.46. The Kier molecular flexibility index (Phi) is 4.20. The van der Waals surface area contributed by atoms with Gasteiger partial charge in [0.15, 0.2) is 0 Å². The van der Waals surface area contributed by atoms with E-state index in [0.717, 1.165) is 35.3 Å². The molecule has 1 heterocycles. The van der Waals surface area contributed by atoms with Crippen LogP contribution in [0.4, 0.5) is 4.39 Å². The van der Waals surface area contributed by atoms with Gasteiger partial charge in [0.25, 0.3) is 0 Å². The smallest absolute Gasteiger partial charge is 0.123 e. The monoisotopic (exact) mass is 297 g/mol. The molecule has 0 saturated carbocycles. The summed E-state index contributed by atoms with van der Waals surface area (Å²) >= 11 is 0. The van der Waals surface area contributed by atoms with E-state index in [0.29, 0.717) is 13.1 Å². The van der Waals surface area contributed by atoms with E-state index in [1.165, 1.54) is 17.7 Å². The molecule has 0 spiro atoms. The van der Waals surface area contributed by atoms with Crippen LogP contribution in [-0.4, -0.2) is 16.1 Å². The summed E-state index contributed by atoms with van der Waals surface area (Å²) in [7, 11) is 0. The molecule has 2 aromatic carbocycles. The van der Waals surface area contributed by atoms with E-state index in [2.05, 4.69) is 29.7 Å². The largest absolute Gasteiger partial charge is 0.330 e. The Balaban J connectivity index is 2.05. The third kappa shape index (κ3) is 2.88. The standard InChI is InChI=1S/C18H20FN3/c1-2-13-5-8-17-16(11-13)21-18(9-10-20)22(17)12-14-3-6-15(19)7-4-14/h3-8,11H,2,9-10,12,20H2,1H3. The highest BCUT2D eigenvalue weighted by Crippen LogP contribution is 2.20. The molecule has 3 aromatic rings. The van der Waals surface area contributed by atoms with Crippen LogP contribution in [0, 0.1) is 5.82 Å². The van der Waals surface area contributed by atoms with Crippen molar-refractivity contribution in [3.8, 4) is 0 Å². The van der Waals surface area contributed by atoms with Crippen molar-refractivity contribution in [3.63, 3.8) is 0 Å². The van der Waals surface area contributed by atoms with Crippen LogP contribution in [0.1, 0.15) is 23.9 Å². The van der Waals surface area contributed by atoms with Crippen LogP contribution >= 0.6 is 0 Å². The van der Waals surface area contributed by atoms with E-state index in [9.17, 15) is 4.39 Å². The molecule has 0 atom stereocenters. The number of rotatable bonds is 5. The lowest BCUT2D eigenvalue weighted by Gasteiger charge is -2.09. The van der Waals surface area contributed by atoms with E-state index in [1.54, 1.807) is 0 Å². The molecule has 1 aromatic heterocycles. The molecule has 4 heteroatoms. The molecule has 0 aliphatic heterocycles. The van der Waals surface area contributed by atoms with Gasteiger partial charge in [-0.3, -0.25) is 0 Å².